The molecule has 1 heterocycles. The van der Waals surface area contributed by atoms with Gasteiger partial charge in [0.1, 0.15) is 5.82 Å². The van der Waals surface area contributed by atoms with Crippen molar-refractivity contribution in [2.45, 2.75) is 59.5 Å². The van der Waals surface area contributed by atoms with E-state index in [1.807, 2.05) is 0 Å². The Morgan fingerprint density at radius 3 is 2.58 bits per heavy atom. The van der Waals surface area contributed by atoms with Crippen molar-refractivity contribution >= 4 is 5.82 Å². The summed E-state index contributed by atoms with van der Waals surface area (Å²) in [4.78, 5) is 7.29. The zero-order valence-electron chi connectivity index (χ0n) is 12.7. The first-order valence-corrected chi connectivity index (χ1v) is 7.46. The second kappa shape index (κ2) is 5.91. The first-order valence-electron chi connectivity index (χ1n) is 7.46. The molecular formula is C16H27N3. The summed E-state index contributed by atoms with van der Waals surface area (Å²) < 4.78 is 0. The number of aryl methyl sites for hydroxylation is 2. The molecule has 3 heteroatoms. The highest BCUT2D eigenvalue weighted by Gasteiger charge is 2.31. The molecule has 1 aliphatic rings. The fourth-order valence-electron chi connectivity index (χ4n) is 2.58. The summed E-state index contributed by atoms with van der Waals surface area (Å²) in [5.41, 5.74) is 9.55. The molecule has 0 spiro atoms. The Kier molecular flexibility index (Phi) is 4.46. The van der Waals surface area contributed by atoms with Gasteiger partial charge in [0, 0.05) is 30.4 Å². The maximum absolute atomic E-state index is 5.95. The van der Waals surface area contributed by atoms with Crippen molar-refractivity contribution < 1.29 is 0 Å². The molecule has 3 nitrogen and oxygen atoms in total. The summed E-state index contributed by atoms with van der Waals surface area (Å²) in [5.74, 6) is 1.87. The molecule has 1 aromatic heterocycles. The number of pyridine rings is 1. The van der Waals surface area contributed by atoms with Crippen molar-refractivity contribution in [3.63, 3.8) is 0 Å². The lowest BCUT2D eigenvalue weighted by Crippen LogP contribution is -2.30. The molecule has 0 bridgehead atoms. The van der Waals surface area contributed by atoms with Gasteiger partial charge < -0.3 is 10.6 Å². The molecule has 1 fully saturated rings. The topological polar surface area (TPSA) is 42.1 Å². The number of hydrogen-bond acceptors (Lipinski definition) is 3. The van der Waals surface area contributed by atoms with Crippen molar-refractivity contribution in [1.82, 2.24) is 4.98 Å². The lowest BCUT2D eigenvalue weighted by atomic mass is 10.1. The summed E-state index contributed by atoms with van der Waals surface area (Å²) in [6, 6.07) is 2.83. The Balaban J connectivity index is 2.29. The Morgan fingerprint density at radius 1 is 1.37 bits per heavy atom. The molecule has 1 aliphatic carbocycles. The van der Waals surface area contributed by atoms with Crippen LogP contribution in [-0.4, -0.2) is 17.6 Å². The third-order valence-corrected chi connectivity index (χ3v) is 3.86. The van der Waals surface area contributed by atoms with Crippen LogP contribution in [0.5, 0.6) is 0 Å². The predicted molar refractivity (Wildman–Crippen MR) is 81.4 cm³/mol. The maximum atomic E-state index is 5.95. The minimum Gasteiger partial charge on any atom is -0.353 e. The van der Waals surface area contributed by atoms with Crippen LogP contribution in [0.3, 0.4) is 0 Å². The summed E-state index contributed by atoms with van der Waals surface area (Å²) >= 11 is 0. The first kappa shape index (κ1) is 14.3. The van der Waals surface area contributed by atoms with Gasteiger partial charge in [-0.15, -0.1) is 0 Å². The third-order valence-electron chi connectivity index (χ3n) is 3.86. The van der Waals surface area contributed by atoms with E-state index in [-0.39, 0.29) is 0 Å². The van der Waals surface area contributed by atoms with Gasteiger partial charge in [-0.3, -0.25) is 0 Å². The Morgan fingerprint density at radius 2 is 2.05 bits per heavy atom. The van der Waals surface area contributed by atoms with E-state index in [2.05, 4.69) is 38.7 Å². The van der Waals surface area contributed by atoms with Gasteiger partial charge in [-0.05, 0) is 50.7 Å². The number of nitrogens with two attached hydrogens (primary N) is 1. The van der Waals surface area contributed by atoms with Gasteiger partial charge in [0.2, 0.25) is 0 Å². The highest BCUT2D eigenvalue weighted by molar-refractivity contribution is 5.53. The Hall–Kier alpha value is -1.09. The summed E-state index contributed by atoms with van der Waals surface area (Å²) in [6.07, 6.45) is 3.82. The molecule has 0 unspecified atom stereocenters. The second-order valence-corrected chi connectivity index (χ2v) is 6.19. The van der Waals surface area contributed by atoms with Crippen LogP contribution < -0.4 is 10.6 Å². The summed E-state index contributed by atoms with van der Waals surface area (Å²) in [7, 11) is 0. The molecule has 0 aliphatic heterocycles. The van der Waals surface area contributed by atoms with E-state index in [1.54, 1.807) is 0 Å². The SMILES string of the molecule is Cc1cc(C)c(CN)c(N(CCC(C)C)C2CC2)n1. The van der Waals surface area contributed by atoms with Gasteiger partial charge in [-0.1, -0.05) is 13.8 Å². The van der Waals surface area contributed by atoms with Crippen molar-refractivity contribution in [3.05, 3.63) is 22.9 Å². The molecule has 0 aromatic carbocycles. The van der Waals surface area contributed by atoms with Gasteiger partial charge >= 0.3 is 0 Å². The number of nitrogens with zero attached hydrogens (tertiary/aromatic N) is 2. The molecular weight excluding hydrogens is 234 g/mol. The van der Waals surface area contributed by atoms with Gasteiger partial charge in [0.05, 0.1) is 0 Å². The van der Waals surface area contributed by atoms with E-state index in [0.29, 0.717) is 12.6 Å². The molecule has 0 amide bonds. The number of anilines is 1. The van der Waals surface area contributed by atoms with Gasteiger partial charge in [0.15, 0.2) is 0 Å². The summed E-state index contributed by atoms with van der Waals surface area (Å²) in [5, 5.41) is 0. The molecule has 2 rings (SSSR count). The zero-order valence-corrected chi connectivity index (χ0v) is 12.7. The van der Waals surface area contributed by atoms with Crippen LogP contribution in [-0.2, 0) is 6.54 Å². The van der Waals surface area contributed by atoms with E-state index >= 15 is 0 Å². The predicted octanol–water partition coefficient (Wildman–Crippen LogP) is 3.17. The first-order chi connectivity index (χ1) is 9.02. The van der Waals surface area contributed by atoms with Gasteiger partial charge in [-0.25, -0.2) is 4.98 Å². The molecule has 0 atom stereocenters. The van der Waals surface area contributed by atoms with Crippen LogP contribution in [0.2, 0.25) is 0 Å². The number of hydrogen-bond donors (Lipinski definition) is 1. The van der Waals surface area contributed by atoms with Crippen molar-refractivity contribution in [2.24, 2.45) is 11.7 Å². The van der Waals surface area contributed by atoms with E-state index in [0.717, 1.165) is 24.0 Å². The lowest BCUT2D eigenvalue weighted by Gasteiger charge is -2.27. The Bertz CT molecular complexity index is 436. The maximum Gasteiger partial charge on any atom is 0.133 e. The van der Waals surface area contributed by atoms with Crippen LogP contribution in [0.25, 0.3) is 0 Å². The summed E-state index contributed by atoms with van der Waals surface area (Å²) in [6.45, 7) is 10.5. The zero-order chi connectivity index (χ0) is 14.0. The molecule has 19 heavy (non-hydrogen) atoms. The standard InChI is InChI=1S/C16H27N3/c1-11(2)7-8-19(14-5-6-14)16-15(10-17)12(3)9-13(4)18-16/h9,11,14H,5-8,10,17H2,1-4H3. The largest absolute Gasteiger partial charge is 0.353 e. The number of aromatic nitrogens is 1. The van der Waals surface area contributed by atoms with Crippen LogP contribution in [0, 0.1) is 19.8 Å². The lowest BCUT2D eigenvalue weighted by molar-refractivity contribution is 0.567. The van der Waals surface area contributed by atoms with E-state index in [1.165, 1.54) is 30.4 Å². The Labute approximate surface area is 117 Å². The fraction of sp³-hybridized carbons (Fsp3) is 0.688. The fourth-order valence-corrected chi connectivity index (χ4v) is 2.58. The van der Waals surface area contributed by atoms with Crippen LogP contribution in [0.15, 0.2) is 6.07 Å². The highest BCUT2D eigenvalue weighted by Crippen LogP contribution is 2.34. The highest BCUT2D eigenvalue weighted by atomic mass is 15.2. The average molecular weight is 261 g/mol. The minimum atomic E-state index is 0.583. The average Bonchev–Trinajstić information content (AvgIpc) is 3.12. The smallest absolute Gasteiger partial charge is 0.133 e. The van der Waals surface area contributed by atoms with Crippen LogP contribution in [0.1, 0.15) is 49.9 Å². The molecule has 0 radical (unpaired) electrons. The van der Waals surface area contributed by atoms with E-state index < -0.39 is 0 Å². The number of rotatable bonds is 6. The van der Waals surface area contributed by atoms with Crippen molar-refractivity contribution in [1.29, 1.82) is 0 Å². The van der Waals surface area contributed by atoms with Crippen LogP contribution >= 0.6 is 0 Å². The molecule has 2 N–H and O–H groups in total. The molecule has 0 saturated heterocycles. The van der Waals surface area contributed by atoms with Crippen molar-refractivity contribution in [3.8, 4) is 0 Å². The normalized spacial score (nSPS) is 15.1. The van der Waals surface area contributed by atoms with Crippen molar-refractivity contribution in [2.75, 3.05) is 11.4 Å². The monoisotopic (exact) mass is 261 g/mol. The van der Waals surface area contributed by atoms with Gasteiger partial charge in [-0.2, -0.15) is 0 Å². The quantitative estimate of drug-likeness (QED) is 0.855. The van der Waals surface area contributed by atoms with Crippen LogP contribution in [0.4, 0.5) is 5.82 Å². The molecule has 1 saturated carbocycles. The van der Waals surface area contributed by atoms with E-state index in [9.17, 15) is 0 Å². The second-order valence-electron chi connectivity index (χ2n) is 6.19. The third kappa shape index (κ3) is 3.47. The molecule has 106 valence electrons. The van der Waals surface area contributed by atoms with Gasteiger partial charge in [0.25, 0.3) is 0 Å². The molecule has 1 aromatic rings. The minimum absolute atomic E-state index is 0.583. The van der Waals surface area contributed by atoms with E-state index in [4.69, 9.17) is 10.7 Å².